The van der Waals surface area contributed by atoms with Crippen molar-refractivity contribution in [2.45, 2.75) is 25.7 Å². The average molecular weight is 403 g/mol. The topological polar surface area (TPSA) is 93.8 Å². The Morgan fingerprint density at radius 3 is 2.52 bits per heavy atom. The van der Waals surface area contributed by atoms with E-state index in [9.17, 15) is 4.79 Å². The average Bonchev–Trinajstić information content (AvgIpc) is 3.29. The van der Waals surface area contributed by atoms with Crippen LogP contribution in [0.25, 0.3) is 22.9 Å². The highest BCUT2D eigenvalue weighted by molar-refractivity contribution is 7.15. The van der Waals surface area contributed by atoms with E-state index in [1.54, 1.807) is 24.3 Å². The maximum absolute atomic E-state index is 12.5. The maximum Gasteiger partial charge on any atom is 0.257 e. The molecule has 0 bridgehead atoms. The van der Waals surface area contributed by atoms with Gasteiger partial charge in [-0.25, -0.2) is 0 Å². The summed E-state index contributed by atoms with van der Waals surface area (Å²) in [5.41, 5.74) is 3.25. The van der Waals surface area contributed by atoms with Crippen LogP contribution in [0.3, 0.4) is 0 Å². The molecule has 144 valence electrons. The van der Waals surface area contributed by atoms with Crippen LogP contribution < -0.4 is 5.32 Å². The summed E-state index contributed by atoms with van der Waals surface area (Å²) in [5.74, 6) is 1.19. The fourth-order valence-corrected chi connectivity index (χ4v) is 3.88. The van der Waals surface area contributed by atoms with Gasteiger partial charge in [-0.15, -0.1) is 20.4 Å². The van der Waals surface area contributed by atoms with Crippen molar-refractivity contribution in [1.29, 1.82) is 0 Å². The molecule has 0 unspecified atom stereocenters. The third kappa shape index (κ3) is 3.66. The number of aryl methyl sites for hydroxylation is 1. The maximum atomic E-state index is 12.5. The molecule has 1 aliphatic carbocycles. The number of aromatic nitrogens is 4. The number of benzene rings is 2. The number of rotatable bonds is 5. The normalized spacial score (nSPS) is 13.4. The first kappa shape index (κ1) is 17.7. The van der Waals surface area contributed by atoms with Crippen molar-refractivity contribution < 1.29 is 9.21 Å². The summed E-state index contributed by atoms with van der Waals surface area (Å²) in [6, 6.07) is 14.9. The molecule has 5 rings (SSSR count). The molecule has 0 atom stereocenters. The molecule has 2 aromatic carbocycles. The number of hydrogen-bond acceptors (Lipinski definition) is 7. The molecule has 1 aliphatic rings. The van der Waals surface area contributed by atoms with Gasteiger partial charge in [-0.05, 0) is 55.7 Å². The molecule has 0 saturated heterocycles. The first-order chi connectivity index (χ1) is 14.2. The molecular formula is C21H17N5O2S. The standard InChI is InChI=1S/C21H17N5O2S/c1-12-4-2-3-5-16(12)19-24-23-18(28-19)14-8-6-13(7-9-14)17(27)22-21-26-25-20(29-21)15-10-11-15/h2-9,15H,10-11H2,1H3,(H,22,26,27). The van der Waals surface area contributed by atoms with Crippen LogP contribution in [0.2, 0.25) is 0 Å². The summed E-state index contributed by atoms with van der Waals surface area (Å²) < 4.78 is 5.82. The van der Waals surface area contributed by atoms with Crippen molar-refractivity contribution in [3.8, 4) is 22.9 Å². The lowest BCUT2D eigenvalue weighted by molar-refractivity contribution is 0.102. The van der Waals surface area contributed by atoms with Gasteiger partial charge in [0.05, 0.1) is 0 Å². The van der Waals surface area contributed by atoms with E-state index in [4.69, 9.17) is 4.42 Å². The van der Waals surface area contributed by atoms with Gasteiger partial charge in [-0.1, -0.05) is 29.5 Å². The van der Waals surface area contributed by atoms with Crippen LogP contribution in [0, 0.1) is 6.92 Å². The minimum absolute atomic E-state index is 0.221. The van der Waals surface area contributed by atoms with Crippen LogP contribution in [0.15, 0.2) is 52.9 Å². The fraction of sp³-hybridized carbons (Fsp3) is 0.190. The van der Waals surface area contributed by atoms with Crippen LogP contribution in [0.1, 0.15) is 39.7 Å². The van der Waals surface area contributed by atoms with E-state index in [1.807, 2.05) is 31.2 Å². The summed E-state index contributed by atoms with van der Waals surface area (Å²) in [6.45, 7) is 2.00. The Hall–Kier alpha value is -3.39. The first-order valence-corrected chi connectivity index (χ1v) is 10.1. The van der Waals surface area contributed by atoms with Crippen molar-refractivity contribution in [3.05, 3.63) is 64.7 Å². The second-order valence-corrected chi connectivity index (χ2v) is 7.99. The Labute approximate surface area is 170 Å². The molecule has 0 aliphatic heterocycles. The number of amides is 1. The van der Waals surface area contributed by atoms with Gasteiger partial charge in [0, 0.05) is 22.6 Å². The first-order valence-electron chi connectivity index (χ1n) is 9.32. The Kier molecular flexibility index (Phi) is 4.40. The zero-order valence-electron chi connectivity index (χ0n) is 15.6. The molecule has 29 heavy (non-hydrogen) atoms. The Morgan fingerprint density at radius 1 is 1.00 bits per heavy atom. The van der Waals surface area contributed by atoms with Gasteiger partial charge in [-0.2, -0.15) is 0 Å². The van der Waals surface area contributed by atoms with Gasteiger partial charge in [0.1, 0.15) is 5.01 Å². The highest BCUT2D eigenvalue weighted by Crippen LogP contribution is 2.42. The van der Waals surface area contributed by atoms with Gasteiger partial charge < -0.3 is 4.42 Å². The lowest BCUT2D eigenvalue weighted by Crippen LogP contribution is -2.11. The van der Waals surface area contributed by atoms with Crippen molar-refractivity contribution in [3.63, 3.8) is 0 Å². The minimum Gasteiger partial charge on any atom is -0.416 e. The van der Waals surface area contributed by atoms with Gasteiger partial charge >= 0.3 is 0 Å². The molecule has 4 aromatic rings. The van der Waals surface area contributed by atoms with Gasteiger partial charge in [0.2, 0.25) is 16.9 Å². The molecule has 7 nitrogen and oxygen atoms in total. The number of carbonyl (C=O) groups is 1. The number of carbonyl (C=O) groups excluding carboxylic acids is 1. The van der Waals surface area contributed by atoms with E-state index >= 15 is 0 Å². The minimum atomic E-state index is -0.221. The predicted molar refractivity (Wildman–Crippen MR) is 110 cm³/mol. The van der Waals surface area contributed by atoms with Crippen LogP contribution >= 0.6 is 11.3 Å². The monoisotopic (exact) mass is 403 g/mol. The van der Waals surface area contributed by atoms with Crippen molar-refractivity contribution in [2.24, 2.45) is 0 Å². The molecule has 2 aromatic heterocycles. The summed E-state index contributed by atoms with van der Waals surface area (Å²) in [7, 11) is 0. The molecule has 1 N–H and O–H groups in total. The van der Waals surface area contributed by atoms with E-state index in [-0.39, 0.29) is 5.91 Å². The van der Waals surface area contributed by atoms with Gasteiger partial charge in [-0.3, -0.25) is 10.1 Å². The zero-order chi connectivity index (χ0) is 19.8. The summed E-state index contributed by atoms with van der Waals surface area (Å²) >= 11 is 1.44. The van der Waals surface area contributed by atoms with Gasteiger partial charge in [0.25, 0.3) is 5.91 Å². The number of anilines is 1. The SMILES string of the molecule is Cc1ccccc1-c1nnc(-c2ccc(C(=O)Nc3nnc(C4CC4)s3)cc2)o1. The highest BCUT2D eigenvalue weighted by Gasteiger charge is 2.27. The molecule has 2 heterocycles. The highest BCUT2D eigenvalue weighted by atomic mass is 32.1. The fourth-order valence-electron chi connectivity index (χ4n) is 2.98. The van der Waals surface area contributed by atoms with E-state index in [1.165, 1.54) is 11.3 Å². The second kappa shape index (κ2) is 7.21. The van der Waals surface area contributed by atoms with E-state index in [0.29, 0.717) is 28.4 Å². The lowest BCUT2D eigenvalue weighted by atomic mass is 10.1. The molecule has 1 amide bonds. The Bertz CT molecular complexity index is 1180. The van der Waals surface area contributed by atoms with Crippen LogP contribution in [-0.4, -0.2) is 26.3 Å². The molecule has 0 spiro atoms. The quantitative estimate of drug-likeness (QED) is 0.519. The van der Waals surface area contributed by atoms with E-state index < -0.39 is 0 Å². The molecule has 1 saturated carbocycles. The number of hydrogen-bond donors (Lipinski definition) is 1. The third-order valence-electron chi connectivity index (χ3n) is 4.78. The van der Waals surface area contributed by atoms with Crippen molar-refractivity contribution in [2.75, 3.05) is 5.32 Å². The predicted octanol–water partition coefficient (Wildman–Crippen LogP) is 4.69. The Morgan fingerprint density at radius 2 is 1.76 bits per heavy atom. The van der Waals surface area contributed by atoms with Gasteiger partial charge in [0.15, 0.2) is 0 Å². The van der Waals surface area contributed by atoms with E-state index in [0.717, 1.165) is 34.5 Å². The van der Waals surface area contributed by atoms with Crippen molar-refractivity contribution in [1.82, 2.24) is 20.4 Å². The Balaban J connectivity index is 1.31. The largest absolute Gasteiger partial charge is 0.416 e. The zero-order valence-corrected chi connectivity index (χ0v) is 16.4. The van der Waals surface area contributed by atoms with Crippen LogP contribution in [0.4, 0.5) is 5.13 Å². The molecule has 1 fully saturated rings. The van der Waals surface area contributed by atoms with E-state index in [2.05, 4.69) is 25.7 Å². The molecular weight excluding hydrogens is 386 g/mol. The summed E-state index contributed by atoms with van der Waals surface area (Å²) in [5, 5.41) is 20.8. The number of nitrogens with zero attached hydrogens (tertiary/aromatic N) is 4. The van der Waals surface area contributed by atoms with Crippen LogP contribution in [-0.2, 0) is 0 Å². The lowest BCUT2D eigenvalue weighted by Gasteiger charge is -2.02. The third-order valence-corrected chi connectivity index (χ3v) is 5.78. The number of nitrogens with one attached hydrogen (secondary N) is 1. The van der Waals surface area contributed by atoms with Crippen molar-refractivity contribution >= 4 is 22.4 Å². The van der Waals surface area contributed by atoms with Crippen LogP contribution in [0.5, 0.6) is 0 Å². The second-order valence-electron chi connectivity index (χ2n) is 6.98. The molecule has 8 heteroatoms. The molecule has 0 radical (unpaired) electrons. The smallest absolute Gasteiger partial charge is 0.257 e. The summed E-state index contributed by atoms with van der Waals surface area (Å²) in [6.07, 6.45) is 2.32. The summed E-state index contributed by atoms with van der Waals surface area (Å²) in [4.78, 5) is 12.5.